The highest BCUT2D eigenvalue weighted by atomic mass is 16.3. The van der Waals surface area contributed by atoms with Gasteiger partial charge in [0.25, 0.3) is 0 Å². The second-order valence-electron chi connectivity index (χ2n) is 6.06. The molecule has 0 aliphatic rings. The molecule has 1 unspecified atom stereocenters. The summed E-state index contributed by atoms with van der Waals surface area (Å²) in [4.78, 5) is 13.3. The third-order valence-electron chi connectivity index (χ3n) is 4.47. The SMILES string of the molecule is CCn1cncc1-c1nccn1-c1ccc2c(c1)nc(C(C)O)n2C. The number of hydrogen-bond acceptors (Lipinski definition) is 4. The van der Waals surface area contributed by atoms with Gasteiger partial charge >= 0.3 is 0 Å². The summed E-state index contributed by atoms with van der Waals surface area (Å²) in [5, 5.41) is 9.88. The number of hydrogen-bond donors (Lipinski definition) is 1. The van der Waals surface area contributed by atoms with Crippen molar-refractivity contribution < 1.29 is 5.11 Å². The second-order valence-corrected chi connectivity index (χ2v) is 6.06. The largest absolute Gasteiger partial charge is 0.385 e. The van der Waals surface area contributed by atoms with Gasteiger partial charge in [-0.25, -0.2) is 15.0 Å². The summed E-state index contributed by atoms with van der Waals surface area (Å²) < 4.78 is 6.01. The van der Waals surface area contributed by atoms with Crippen molar-refractivity contribution >= 4 is 11.0 Å². The topological polar surface area (TPSA) is 73.7 Å². The fourth-order valence-corrected chi connectivity index (χ4v) is 3.19. The third-order valence-corrected chi connectivity index (χ3v) is 4.47. The predicted molar refractivity (Wildman–Crippen MR) is 95.4 cm³/mol. The van der Waals surface area contributed by atoms with Crippen molar-refractivity contribution in [2.45, 2.75) is 26.5 Å². The Kier molecular flexibility index (Phi) is 3.65. The molecule has 3 aromatic heterocycles. The molecule has 1 atom stereocenters. The van der Waals surface area contributed by atoms with Crippen molar-refractivity contribution in [1.29, 1.82) is 0 Å². The van der Waals surface area contributed by atoms with Crippen LogP contribution < -0.4 is 0 Å². The lowest BCUT2D eigenvalue weighted by Crippen LogP contribution is -2.02. The smallest absolute Gasteiger partial charge is 0.162 e. The zero-order chi connectivity index (χ0) is 17.6. The van der Waals surface area contributed by atoms with Crippen LogP contribution in [0.4, 0.5) is 0 Å². The number of benzene rings is 1. The average Bonchev–Trinajstić information content (AvgIpc) is 3.31. The van der Waals surface area contributed by atoms with Gasteiger partial charge in [0.15, 0.2) is 5.82 Å². The number of fused-ring (bicyclic) bond motifs is 1. The van der Waals surface area contributed by atoms with Gasteiger partial charge in [-0.3, -0.25) is 4.57 Å². The molecule has 0 spiro atoms. The van der Waals surface area contributed by atoms with Crippen molar-refractivity contribution in [2.24, 2.45) is 7.05 Å². The van der Waals surface area contributed by atoms with Gasteiger partial charge in [0, 0.05) is 31.7 Å². The van der Waals surface area contributed by atoms with Crippen LogP contribution in [0.25, 0.3) is 28.2 Å². The summed E-state index contributed by atoms with van der Waals surface area (Å²) in [5.74, 6) is 1.49. The molecule has 7 nitrogen and oxygen atoms in total. The van der Waals surface area contributed by atoms with Gasteiger partial charge in [0.2, 0.25) is 0 Å². The number of aliphatic hydroxyl groups excluding tert-OH is 1. The standard InChI is InChI=1S/C18H20N6O/c1-4-23-11-19-10-16(23)18-20-7-8-24(18)13-5-6-15-14(9-13)21-17(12(2)25)22(15)3/h5-12,25H,4H2,1-3H3. The van der Waals surface area contributed by atoms with Crippen LogP contribution in [-0.4, -0.2) is 33.8 Å². The van der Waals surface area contributed by atoms with E-state index in [2.05, 4.69) is 26.4 Å². The number of aryl methyl sites for hydroxylation is 2. The molecule has 25 heavy (non-hydrogen) atoms. The lowest BCUT2D eigenvalue weighted by molar-refractivity contribution is 0.186. The van der Waals surface area contributed by atoms with Gasteiger partial charge in [0.1, 0.15) is 17.6 Å². The molecule has 1 N–H and O–H groups in total. The van der Waals surface area contributed by atoms with Gasteiger partial charge in [-0.15, -0.1) is 0 Å². The van der Waals surface area contributed by atoms with Crippen LogP contribution >= 0.6 is 0 Å². The fraction of sp³-hybridized carbons (Fsp3) is 0.278. The zero-order valence-corrected chi connectivity index (χ0v) is 14.5. The molecule has 0 radical (unpaired) electrons. The first-order valence-corrected chi connectivity index (χ1v) is 8.28. The summed E-state index contributed by atoms with van der Waals surface area (Å²) in [6.45, 7) is 4.64. The van der Waals surface area contributed by atoms with E-state index in [1.54, 1.807) is 13.1 Å². The van der Waals surface area contributed by atoms with E-state index in [0.29, 0.717) is 5.82 Å². The van der Waals surface area contributed by atoms with Gasteiger partial charge in [-0.1, -0.05) is 0 Å². The van der Waals surface area contributed by atoms with Crippen LogP contribution in [0.5, 0.6) is 0 Å². The van der Waals surface area contributed by atoms with E-state index in [1.165, 1.54) is 0 Å². The molecule has 0 aliphatic carbocycles. The molecule has 0 aliphatic heterocycles. The quantitative estimate of drug-likeness (QED) is 0.622. The van der Waals surface area contributed by atoms with Gasteiger partial charge in [-0.2, -0.15) is 0 Å². The minimum atomic E-state index is -0.608. The number of aliphatic hydroxyl groups is 1. The van der Waals surface area contributed by atoms with Crippen molar-refractivity contribution in [1.82, 2.24) is 28.7 Å². The Hall–Kier alpha value is -2.93. The van der Waals surface area contributed by atoms with E-state index in [4.69, 9.17) is 0 Å². The summed E-state index contributed by atoms with van der Waals surface area (Å²) >= 11 is 0. The Morgan fingerprint density at radius 3 is 2.88 bits per heavy atom. The van der Waals surface area contributed by atoms with E-state index < -0.39 is 6.10 Å². The summed E-state index contributed by atoms with van der Waals surface area (Å²) in [7, 11) is 1.92. The van der Waals surface area contributed by atoms with Crippen molar-refractivity contribution in [2.75, 3.05) is 0 Å². The number of imidazole rings is 3. The van der Waals surface area contributed by atoms with Crippen molar-refractivity contribution in [3.05, 3.63) is 48.9 Å². The van der Waals surface area contributed by atoms with E-state index in [-0.39, 0.29) is 0 Å². The maximum atomic E-state index is 9.88. The molecule has 0 saturated heterocycles. The van der Waals surface area contributed by atoms with Crippen LogP contribution in [0, 0.1) is 0 Å². The molecule has 4 rings (SSSR count). The summed E-state index contributed by atoms with van der Waals surface area (Å²) in [6.07, 6.45) is 6.75. The Labute approximate surface area is 145 Å². The maximum absolute atomic E-state index is 9.88. The minimum Gasteiger partial charge on any atom is -0.385 e. The first-order chi connectivity index (χ1) is 12.1. The highest BCUT2D eigenvalue weighted by Gasteiger charge is 2.15. The number of nitrogens with zero attached hydrogens (tertiary/aromatic N) is 6. The van der Waals surface area contributed by atoms with Crippen LogP contribution in [0.15, 0.2) is 43.1 Å². The van der Waals surface area contributed by atoms with E-state index in [0.717, 1.165) is 34.8 Å². The Morgan fingerprint density at radius 1 is 1.28 bits per heavy atom. The fourth-order valence-electron chi connectivity index (χ4n) is 3.19. The maximum Gasteiger partial charge on any atom is 0.162 e. The molecular weight excluding hydrogens is 316 g/mol. The predicted octanol–water partition coefficient (Wildman–Crippen LogP) is 2.70. The normalized spacial score (nSPS) is 12.8. The number of rotatable bonds is 4. The van der Waals surface area contributed by atoms with Crippen LogP contribution in [-0.2, 0) is 13.6 Å². The lowest BCUT2D eigenvalue weighted by Gasteiger charge is -2.09. The molecule has 128 valence electrons. The summed E-state index contributed by atoms with van der Waals surface area (Å²) in [5.41, 5.74) is 3.77. The van der Waals surface area contributed by atoms with Crippen molar-refractivity contribution in [3.8, 4) is 17.2 Å². The first kappa shape index (κ1) is 15.6. The molecule has 1 aromatic carbocycles. The van der Waals surface area contributed by atoms with Crippen molar-refractivity contribution in [3.63, 3.8) is 0 Å². The summed E-state index contributed by atoms with van der Waals surface area (Å²) in [6, 6.07) is 6.07. The number of aromatic nitrogens is 6. The third kappa shape index (κ3) is 2.44. The highest BCUT2D eigenvalue weighted by Crippen LogP contribution is 2.25. The average molecular weight is 336 g/mol. The van der Waals surface area contributed by atoms with Gasteiger partial charge in [0.05, 0.1) is 23.6 Å². The van der Waals surface area contributed by atoms with E-state index in [1.807, 2.05) is 53.1 Å². The van der Waals surface area contributed by atoms with Gasteiger partial charge < -0.3 is 14.2 Å². The van der Waals surface area contributed by atoms with Crippen LogP contribution in [0.3, 0.4) is 0 Å². The molecule has 4 aromatic rings. The monoisotopic (exact) mass is 336 g/mol. The van der Waals surface area contributed by atoms with E-state index in [9.17, 15) is 5.11 Å². The second kappa shape index (κ2) is 5.86. The molecule has 3 heterocycles. The highest BCUT2D eigenvalue weighted by molar-refractivity contribution is 5.79. The van der Waals surface area contributed by atoms with Gasteiger partial charge in [-0.05, 0) is 32.0 Å². The Balaban J connectivity index is 1.85. The molecule has 0 bridgehead atoms. The Morgan fingerprint density at radius 2 is 2.12 bits per heavy atom. The molecule has 0 saturated carbocycles. The first-order valence-electron chi connectivity index (χ1n) is 8.28. The van der Waals surface area contributed by atoms with Crippen LogP contribution in [0.1, 0.15) is 25.8 Å². The molecule has 7 heteroatoms. The zero-order valence-electron chi connectivity index (χ0n) is 14.5. The van der Waals surface area contributed by atoms with E-state index >= 15 is 0 Å². The van der Waals surface area contributed by atoms with Crippen LogP contribution in [0.2, 0.25) is 0 Å². The molecule has 0 amide bonds. The Bertz CT molecular complexity index is 1040. The molecular formula is C18H20N6O. The lowest BCUT2D eigenvalue weighted by atomic mass is 10.2. The minimum absolute atomic E-state index is 0.608. The molecule has 0 fully saturated rings.